The number of H-pyrrole nitrogens is 1. The fourth-order valence-electron chi connectivity index (χ4n) is 1.04. The molecule has 1 heterocycles. The van der Waals surface area contributed by atoms with Crippen LogP contribution < -0.4 is 0 Å². The maximum absolute atomic E-state index is 11.4. The molecular formula is C10H12N2O3. The second kappa shape index (κ2) is 5.09. The number of Topliss-reactive ketones (excluding diaryl/α,β-unsaturated/α-hetero) is 1. The number of carboxylic acids is 1. The standard InChI is InChI=1S/C10H12N2O3/c1-7(10(14)15)3-2-4-8(13)9-11-5-6-12-9/h3,5-6H,2,4H2,1H3,(H,11,12)(H,14,15). The van der Waals surface area contributed by atoms with Gasteiger partial charge in [-0.3, -0.25) is 4.79 Å². The molecule has 0 radical (unpaired) electrons. The number of carbonyl (C=O) groups excluding carboxylic acids is 1. The normalized spacial score (nSPS) is 11.4. The number of carboxylic acid groups (broad SMARTS) is 1. The van der Waals surface area contributed by atoms with Gasteiger partial charge in [0.1, 0.15) is 0 Å². The van der Waals surface area contributed by atoms with Crippen molar-refractivity contribution in [3.05, 3.63) is 29.9 Å². The number of aromatic nitrogens is 2. The SMILES string of the molecule is CC(=CCCC(=O)c1ncc[nH]1)C(=O)O. The Bertz CT molecular complexity index is 379. The van der Waals surface area contributed by atoms with E-state index in [0.717, 1.165) is 0 Å². The average Bonchev–Trinajstić information content (AvgIpc) is 2.70. The molecule has 0 amide bonds. The maximum atomic E-state index is 11.4. The van der Waals surface area contributed by atoms with Gasteiger partial charge in [0.2, 0.25) is 0 Å². The summed E-state index contributed by atoms with van der Waals surface area (Å²) in [5.41, 5.74) is 0.252. The van der Waals surface area contributed by atoms with Crippen molar-refractivity contribution in [3.8, 4) is 0 Å². The molecule has 0 aliphatic rings. The van der Waals surface area contributed by atoms with E-state index in [9.17, 15) is 9.59 Å². The monoisotopic (exact) mass is 208 g/mol. The fourth-order valence-corrected chi connectivity index (χ4v) is 1.04. The Morgan fingerprint density at radius 2 is 2.33 bits per heavy atom. The van der Waals surface area contributed by atoms with Gasteiger partial charge in [-0.25, -0.2) is 9.78 Å². The van der Waals surface area contributed by atoms with Crippen LogP contribution in [0.15, 0.2) is 24.0 Å². The number of rotatable bonds is 5. The third kappa shape index (κ3) is 3.38. The predicted octanol–water partition coefficient (Wildman–Crippen LogP) is 1.40. The Morgan fingerprint density at radius 1 is 1.60 bits per heavy atom. The van der Waals surface area contributed by atoms with Gasteiger partial charge < -0.3 is 10.1 Å². The number of aliphatic carboxylic acids is 1. The number of allylic oxidation sites excluding steroid dienone is 1. The summed E-state index contributed by atoms with van der Waals surface area (Å²) in [5, 5.41) is 8.56. The van der Waals surface area contributed by atoms with Crippen LogP contribution in [0.2, 0.25) is 0 Å². The number of imidazole rings is 1. The zero-order valence-electron chi connectivity index (χ0n) is 8.36. The van der Waals surface area contributed by atoms with Crippen LogP contribution >= 0.6 is 0 Å². The van der Waals surface area contributed by atoms with Crippen molar-refractivity contribution in [1.29, 1.82) is 0 Å². The quantitative estimate of drug-likeness (QED) is 0.566. The molecule has 5 nitrogen and oxygen atoms in total. The minimum absolute atomic E-state index is 0.116. The van der Waals surface area contributed by atoms with Crippen LogP contribution in [0.3, 0.4) is 0 Å². The zero-order chi connectivity index (χ0) is 11.3. The highest BCUT2D eigenvalue weighted by molar-refractivity contribution is 5.92. The Hall–Kier alpha value is -1.91. The van der Waals surface area contributed by atoms with Gasteiger partial charge in [0.25, 0.3) is 0 Å². The van der Waals surface area contributed by atoms with Crippen LogP contribution in [0.4, 0.5) is 0 Å². The first-order valence-electron chi connectivity index (χ1n) is 4.54. The van der Waals surface area contributed by atoms with E-state index in [-0.39, 0.29) is 17.8 Å². The van der Waals surface area contributed by atoms with Crippen molar-refractivity contribution < 1.29 is 14.7 Å². The lowest BCUT2D eigenvalue weighted by Gasteiger charge is -1.95. The number of hydrogen-bond donors (Lipinski definition) is 2. The second-order valence-electron chi connectivity index (χ2n) is 3.09. The van der Waals surface area contributed by atoms with E-state index in [1.807, 2.05) is 0 Å². The van der Waals surface area contributed by atoms with Gasteiger partial charge in [0, 0.05) is 24.4 Å². The molecule has 15 heavy (non-hydrogen) atoms. The lowest BCUT2D eigenvalue weighted by atomic mass is 10.1. The van der Waals surface area contributed by atoms with Gasteiger partial charge in [-0.05, 0) is 13.3 Å². The molecule has 0 aliphatic carbocycles. The minimum atomic E-state index is -0.958. The second-order valence-corrected chi connectivity index (χ2v) is 3.09. The maximum Gasteiger partial charge on any atom is 0.330 e. The molecule has 0 atom stereocenters. The highest BCUT2D eigenvalue weighted by atomic mass is 16.4. The molecule has 0 saturated heterocycles. The Labute approximate surface area is 86.8 Å². The molecule has 80 valence electrons. The van der Waals surface area contributed by atoms with Gasteiger partial charge in [-0.15, -0.1) is 0 Å². The highest BCUT2D eigenvalue weighted by Gasteiger charge is 2.07. The van der Waals surface area contributed by atoms with Gasteiger partial charge in [-0.1, -0.05) is 6.08 Å². The van der Waals surface area contributed by atoms with Crippen LogP contribution in [0.25, 0.3) is 0 Å². The van der Waals surface area contributed by atoms with Crippen molar-refractivity contribution in [1.82, 2.24) is 9.97 Å². The van der Waals surface area contributed by atoms with Crippen molar-refractivity contribution in [2.24, 2.45) is 0 Å². The summed E-state index contributed by atoms with van der Waals surface area (Å²) in [6.45, 7) is 1.50. The molecule has 2 N–H and O–H groups in total. The Kier molecular flexibility index (Phi) is 3.79. The summed E-state index contributed by atoms with van der Waals surface area (Å²) in [5.74, 6) is -0.758. The molecule has 0 bridgehead atoms. The fraction of sp³-hybridized carbons (Fsp3) is 0.300. The molecule has 0 unspecified atom stereocenters. The van der Waals surface area contributed by atoms with E-state index in [1.165, 1.54) is 19.2 Å². The lowest BCUT2D eigenvalue weighted by molar-refractivity contribution is -0.132. The Morgan fingerprint density at radius 3 is 2.87 bits per heavy atom. The van der Waals surface area contributed by atoms with Gasteiger partial charge in [0.15, 0.2) is 11.6 Å². The number of nitrogens with one attached hydrogen (secondary N) is 1. The largest absolute Gasteiger partial charge is 0.478 e. The van der Waals surface area contributed by atoms with Gasteiger partial charge in [-0.2, -0.15) is 0 Å². The first-order chi connectivity index (χ1) is 7.11. The third-order valence-electron chi connectivity index (χ3n) is 1.92. The van der Waals surface area contributed by atoms with E-state index in [4.69, 9.17) is 5.11 Å². The van der Waals surface area contributed by atoms with Crippen LogP contribution in [0.5, 0.6) is 0 Å². The molecule has 1 aromatic rings. The van der Waals surface area contributed by atoms with Crippen LogP contribution in [0, 0.1) is 0 Å². The molecule has 0 fully saturated rings. The molecule has 5 heteroatoms. The molecule has 1 aromatic heterocycles. The minimum Gasteiger partial charge on any atom is -0.478 e. The first-order valence-corrected chi connectivity index (χ1v) is 4.54. The van der Waals surface area contributed by atoms with Crippen molar-refractivity contribution in [3.63, 3.8) is 0 Å². The van der Waals surface area contributed by atoms with Crippen molar-refractivity contribution >= 4 is 11.8 Å². The molecule has 0 aliphatic heterocycles. The number of nitrogens with zero attached hydrogens (tertiary/aromatic N) is 1. The van der Waals surface area contributed by atoms with Crippen molar-refractivity contribution in [2.45, 2.75) is 19.8 Å². The predicted molar refractivity (Wildman–Crippen MR) is 53.5 cm³/mol. The summed E-state index contributed by atoms with van der Waals surface area (Å²) in [6.07, 6.45) is 5.29. The van der Waals surface area contributed by atoms with E-state index < -0.39 is 5.97 Å². The van der Waals surface area contributed by atoms with E-state index >= 15 is 0 Å². The number of ketones is 1. The zero-order valence-corrected chi connectivity index (χ0v) is 8.36. The topological polar surface area (TPSA) is 83.0 Å². The Balaban J connectivity index is 2.42. The van der Waals surface area contributed by atoms with E-state index in [2.05, 4.69) is 9.97 Å². The van der Waals surface area contributed by atoms with E-state index in [1.54, 1.807) is 6.20 Å². The third-order valence-corrected chi connectivity index (χ3v) is 1.92. The molecule has 0 spiro atoms. The van der Waals surface area contributed by atoms with Crippen LogP contribution in [0.1, 0.15) is 30.4 Å². The van der Waals surface area contributed by atoms with Crippen LogP contribution in [-0.2, 0) is 4.79 Å². The number of aromatic amines is 1. The summed E-state index contributed by atoms with van der Waals surface area (Å²) < 4.78 is 0. The molecule has 1 rings (SSSR count). The van der Waals surface area contributed by atoms with E-state index in [0.29, 0.717) is 12.2 Å². The van der Waals surface area contributed by atoms with Gasteiger partial charge in [0.05, 0.1) is 0 Å². The summed E-state index contributed by atoms with van der Waals surface area (Å²) in [6, 6.07) is 0. The first kappa shape index (κ1) is 11.2. The average molecular weight is 208 g/mol. The van der Waals surface area contributed by atoms with Crippen LogP contribution in [-0.4, -0.2) is 26.8 Å². The van der Waals surface area contributed by atoms with Gasteiger partial charge >= 0.3 is 5.97 Å². The smallest absolute Gasteiger partial charge is 0.330 e. The summed E-state index contributed by atoms with van der Waals surface area (Å²) in [4.78, 5) is 28.3. The lowest BCUT2D eigenvalue weighted by Crippen LogP contribution is -2.01. The molecular weight excluding hydrogens is 196 g/mol. The summed E-state index contributed by atoms with van der Waals surface area (Å²) >= 11 is 0. The number of carbonyl (C=O) groups is 2. The molecule has 0 saturated carbocycles. The molecule has 0 aromatic carbocycles. The van der Waals surface area contributed by atoms with Crippen molar-refractivity contribution in [2.75, 3.05) is 0 Å². The summed E-state index contributed by atoms with van der Waals surface area (Å²) in [7, 11) is 0. The number of hydrogen-bond acceptors (Lipinski definition) is 3. The highest BCUT2D eigenvalue weighted by Crippen LogP contribution is 2.03.